The molecule has 116 valence electrons. The minimum atomic E-state index is -3.86. The van der Waals surface area contributed by atoms with Crippen molar-refractivity contribution in [2.45, 2.75) is 31.1 Å². The fourth-order valence-corrected chi connectivity index (χ4v) is 3.83. The summed E-state index contributed by atoms with van der Waals surface area (Å²) in [7, 11) is -3.86. The van der Waals surface area contributed by atoms with Crippen molar-refractivity contribution in [2.24, 2.45) is 0 Å². The van der Waals surface area contributed by atoms with E-state index < -0.39 is 15.8 Å². The van der Waals surface area contributed by atoms with Crippen LogP contribution in [0.4, 0.5) is 10.1 Å². The van der Waals surface area contributed by atoms with Crippen LogP contribution in [0.5, 0.6) is 0 Å². The van der Waals surface area contributed by atoms with Crippen LogP contribution in [0.2, 0.25) is 0 Å². The Hall–Kier alpha value is -1.91. The van der Waals surface area contributed by atoms with Crippen LogP contribution in [0.3, 0.4) is 0 Å². The Morgan fingerprint density at radius 3 is 2.32 bits per heavy atom. The summed E-state index contributed by atoms with van der Waals surface area (Å²) < 4.78 is 39.9. The lowest BCUT2D eigenvalue weighted by Gasteiger charge is -2.15. The molecule has 1 aromatic heterocycles. The number of halogens is 1. The number of hydrogen-bond donors (Lipinski definition) is 1. The molecule has 0 aliphatic carbocycles. The summed E-state index contributed by atoms with van der Waals surface area (Å²) in [4.78, 5) is 1.15. The summed E-state index contributed by atoms with van der Waals surface area (Å²) >= 11 is 1.26. The SMILES string of the molecule is CC(C)(C)c1cc(NS(=O)(=O)c2ccc(F)cc2)c(C#N)s1. The van der Waals surface area contributed by atoms with E-state index in [9.17, 15) is 18.1 Å². The molecule has 0 saturated carbocycles. The van der Waals surface area contributed by atoms with Gasteiger partial charge in [-0.2, -0.15) is 5.26 Å². The fraction of sp³-hybridized carbons (Fsp3) is 0.267. The van der Waals surface area contributed by atoms with E-state index in [0.717, 1.165) is 17.0 Å². The highest BCUT2D eigenvalue weighted by molar-refractivity contribution is 7.92. The van der Waals surface area contributed by atoms with Crippen molar-refractivity contribution in [2.75, 3.05) is 4.72 Å². The Morgan fingerprint density at radius 1 is 1.23 bits per heavy atom. The first-order valence-corrected chi connectivity index (χ1v) is 8.76. The van der Waals surface area contributed by atoms with Gasteiger partial charge in [-0.25, -0.2) is 12.8 Å². The van der Waals surface area contributed by atoms with Crippen molar-refractivity contribution in [3.8, 4) is 6.07 Å². The van der Waals surface area contributed by atoms with Gasteiger partial charge in [-0.3, -0.25) is 4.72 Å². The van der Waals surface area contributed by atoms with Gasteiger partial charge < -0.3 is 0 Å². The number of hydrogen-bond acceptors (Lipinski definition) is 4. The Labute approximate surface area is 133 Å². The van der Waals surface area contributed by atoms with E-state index in [1.807, 2.05) is 26.8 Å². The number of nitrogens with one attached hydrogen (secondary N) is 1. The highest BCUT2D eigenvalue weighted by Crippen LogP contribution is 2.35. The van der Waals surface area contributed by atoms with Gasteiger partial charge in [0, 0.05) is 4.88 Å². The summed E-state index contributed by atoms with van der Waals surface area (Å²) in [6.45, 7) is 5.95. The van der Waals surface area contributed by atoms with Crippen molar-refractivity contribution in [1.82, 2.24) is 0 Å². The largest absolute Gasteiger partial charge is 0.277 e. The molecule has 0 bridgehead atoms. The molecule has 22 heavy (non-hydrogen) atoms. The van der Waals surface area contributed by atoms with E-state index in [0.29, 0.717) is 4.88 Å². The molecule has 0 fully saturated rings. The molecule has 0 aliphatic rings. The monoisotopic (exact) mass is 338 g/mol. The number of rotatable bonds is 3. The average Bonchev–Trinajstić information content (AvgIpc) is 2.81. The van der Waals surface area contributed by atoms with Crippen LogP contribution in [0, 0.1) is 17.1 Å². The summed E-state index contributed by atoms with van der Waals surface area (Å²) in [6, 6.07) is 8.19. The van der Waals surface area contributed by atoms with Crippen molar-refractivity contribution in [3.05, 3.63) is 45.9 Å². The van der Waals surface area contributed by atoms with Crippen molar-refractivity contribution in [1.29, 1.82) is 5.26 Å². The molecule has 2 rings (SSSR count). The third-order valence-corrected chi connectivity index (χ3v) is 5.79. The second-order valence-electron chi connectivity index (χ2n) is 5.77. The predicted octanol–water partition coefficient (Wildman–Crippen LogP) is 3.86. The van der Waals surface area contributed by atoms with Gasteiger partial charge in [0.25, 0.3) is 10.0 Å². The minimum absolute atomic E-state index is 0.0544. The molecule has 2 aromatic rings. The van der Waals surface area contributed by atoms with E-state index in [-0.39, 0.29) is 16.0 Å². The third-order valence-electron chi connectivity index (χ3n) is 2.94. The number of sulfonamides is 1. The lowest BCUT2D eigenvalue weighted by Crippen LogP contribution is -2.13. The molecule has 0 radical (unpaired) electrons. The first-order valence-electron chi connectivity index (χ1n) is 6.46. The van der Waals surface area contributed by atoms with Crippen molar-refractivity contribution < 1.29 is 12.8 Å². The van der Waals surface area contributed by atoms with E-state index in [4.69, 9.17) is 0 Å². The first-order chi connectivity index (χ1) is 10.1. The summed E-state index contributed by atoms with van der Waals surface area (Å²) in [5.74, 6) is -0.512. The van der Waals surface area contributed by atoms with Crippen LogP contribution in [-0.2, 0) is 15.4 Å². The summed E-state index contributed by atoms with van der Waals surface area (Å²) in [6.07, 6.45) is 0. The van der Waals surface area contributed by atoms with Crippen molar-refractivity contribution >= 4 is 27.0 Å². The molecule has 0 saturated heterocycles. The smallest absolute Gasteiger partial charge is 0.261 e. The van der Waals surface area contributed by atoms with Crippen LogP contribution in [-0.4, -0.2) is 8.42 Å². The van der Waals surface area contributed by atoms with Crippen LogP contribution in [0.25, 0.3) is 0 Å². The van der Waals surface area contributed by atoms with Crippen LogP contribution >= 0.6 is 11.3 Å². The topological polar surface area (TPSA) is 70.0 Å². The van der Waals surface area contributed by atoms with Crippen LogP contribution < -0.4 is 4.72 Å². The maximum Gasteiger partial charge on any atom is 0.261 e. The lowest BCUT2D eigenvalue weighted by molar-refractivity contribution is 0.598. The van der Waals surface area contributed by atoms with Gasteiger partial charge in [0.1, 0.15) is 16.8 Å². The zero-order chi connectivity index (χ0) is 16.5. The molecule has 0 atom stereocenters. The molecule has 1 N–H and O–H groups in total. The molecule has 0 amide bonds. The predicted molar refractivity (Wildman–Crippen MR) is 84.9 cm³/mol. The van der Waals surface area contributed by atoms with Crippen LogP contribution in [0.1, 0.15) is 30.5 Å². The molecule has 4 nitrogen and oxygen atoms in total. The third kappa shape index (κ3) is 3.46. The van der Waals surface area contributed by atoms with Crippen molar-refractivity contribution in [3.63, 3.8) is 0 Å². The van der Waals surface area contributed by atoms with Crippen LogP contribution in [0.15, 0.2) is 35.2 Å². The maximum atomic E-state index is 12.9. The zero-order valence-electron chi connectivity index (χ0n) is 12.3. The Kier molecular flexibility index (Phi) is 4.27. The summed E-state index contributed by atoms with van der Waals surface area (Å²) in [5, 5.41) is 9.18. The number of thiophene rings is 1. The number of nitrogens with zero attached hydrogens (tertiary/aromatic N) is 1. The molecule has 1 heterocycles. The molecule has 1 aromatic carbocycles. The maximum absolute atomic E-state index is 12.9. The zero-order valence-corrected chi connectivity index (χ0v) is 14.0. The van der Waals surface area contributed by atoms with E-state index in [1.165, 1.54) is 23.5 Å². The van der Waals surface area contributed by atoms with Gasteiger partial charge in [-0.1, -0.05) is 20.8 Å². The Balaban J connectivity index is 2.40. The molecule has 0 aliphatic heterocycles. The normalized spacial score (nSPS) is 12.0. The fourth-order valence-electron chi connectivity index (χ4n) is 1.74. The van der Waals surface area contributed by atoms with Gasteiger partial charge in [0.2, 0.25) is 0 Å². The van der Waals surface area contributed by atoms with E-state index in [1.54, 1.807) is 6.07 Å². The van der Waals surface area contributed by atoms with Gasteiger partial charge in [0.15, 0.2) is 0 Å². The van der Waals surface area contributed by atoms with E-state index in [2.05, 4.69) is 4.72 Å². The average molecular weight is 338 g/mol. The number of nitriles is 1. The summed E-state index contributed by atoms with van der Waals surface area (Å²) in [5.41, 5.74) is 0.0669. The highest BCUT2D eigenvalue weighted by Gasteiger charge is 2.23. The molecular weight excluding hydrogens is 323 g/mol. The molecule has 0 spiro atoms. The molecule has 0 unspecified atom stereocenters. The lowest BCUT2D eigenvalue weighted by atomic mass is 9.95. The standard InChI is InChI=1S/C15H15FN2O2S2/c1-15(2,3)14-8-12(13(9-17)21-14)18-22(19,20)11-6-4-10(16)5-7-11/h4-8,18H,1-3H3. The molecular formula is C15H15FN2O2S2. The van der Waals surface area contributed by atoms with E-state index >= 15 is 0 Å². The number of benzene rings is 1. The van der Waals surface area contributed by atoms with Gasteiger partial charge >= 0.3 is 0 Å². The first kappa shape index (κ1) is 16.5. The second kappa shape index (κ2) is 5.71. The highest BCUT2D eigenvalue weighted by atomic mass is 32.2. The minimum Gasteiger partial charge on any atom is -0.277 e. The Morgan fingerprint density at radius 2 is 1.82 bits per heavy atom. The van der Waals surface area contributed by atoms with Gasteiger partial charge in [-0.15, -0.1) is 11.3 Å². The van der Waals surface area contributed by atoms with Gasteiger partial charge in [-0.05, 0) is 35.7 Å². The second-order valence-corrected chi connectivity index (χ2v) is 8.51. The molecule has 7 heteroatoms. The number of anilines is 1. The Bertz CT molecular complexity index is 826. The quantitative estimate of drug-likeness (QED) is 0.924. The van der Waals surface area contributed by atoms with Gasteiger partial charge in [0.05, 0.1) is 10.6 Å².